The molecule has 0 N–H and O–H groups in total. The van der Waals surface area contributed by atoms with Crippen molar-refractivity contribution in [2.45, 2.75) is 48.0 Å². The van der Waals surface area contributed by atoms with Gasteiger partial charge in [0.05, 0.1) is 0 Å². The quantitative estimate of drug-likeness (QED) is 0.703. The van der Waals surface area contributed by atoms with Crippen molar-refractivity contribution >= 4 is 0 Å². The van der Waals surface area contributed by atoms with E-state index in [1.54, 1.807) is 0 Å². The molecule has 0 aliphatic heterocycles. The van der Waals surface area contributed by atoms with E-state index in [-0.39, 0.29) is 0 Å². The number of rotatable bonds is 2. The number of aromatic nitrogens is 1. The van der Waals surface area contributed by atoms with Crippen molar-refractivity contribution in [3.05, 3.63) is 52.7 Å². The minimum absolute atomic E-state index is 0.319. The molecule has 0 aliphatic carbocycles. The molecule has 0 aliphatic rings. The van der Waals surface area contributed by atoms with Crippen LogP contribution in [0, 0.1) is 26.2 Å². The largest absolute Gasteiger partial charge is 0.212 e. The van der Waals surface area contributed by atoms with E-state index in [0.29, 0.717) is 5.41 Å². The summed E-state index contributed by atoms with van der Waals surface area (Å²) in [5, 5.41) is 0. The number of benzene rings is 1. The van der Waals surface area contributed by atoms with Gasteiger partial charge in [0.15, 0.2) is 6.20 Å². The molecule has 0 amide bonds. The van der Waals surface area contributed by atoms with Gasteiger partial charge in [-0.2, -0.15) is 0 Å². The van der Waals surface area contributed by atoms with Crippen LogP contribution in [0.3, 0.4) is 0 Å². The van der Waals surface area contributed by atoms with E-state index in [9.17, 15) is 0 Å². The van der Waals surface area contributed by atoms with Gasteiger partial charge in [-0.1, -0.05) is 38.5 Å². The summed E-state index contributed by atoms with van der Waals surface area (Å²) in [7, 11) is 2.15. The highest BCUT2D eigenvalue weighted by atomic mass is 14.9. The lowest BCUT2D eigenvalue weighted by Crippen LogP contribution is -2.32. The predicted octanol–water partition coefficient (Wildman–Crippen LogP) is 4.69. The summed E-state index contributed by atoms with van der Waals surface area (Å²) in [5.74, 6) is 0. The first-order valence-corrected chi connectivity index (χ1v) is 7.74. The molecular weight excluding hydrogens is 254 g/mol. The molecule has 0 saturated heterocycles. The second kappa shape index (κ2) is 5.63. The minimum Gasteiger partial charge on any atom is -0.201 e. The first-order valence-electron chi connectivity index (χ1n) is 7.74. The molecule has 2 rings (SSSR count). The number of nitrogens with zero attached hydrogens (tertiary/aromatic N) is 1. The van der Waals surface area contributed by atoms with E-state index in [1.165, 1.54) is 33.5 Å². The van der Waals surface area contributed by atoms with Crippen LogP contribution in [0.2, 0.25) is 0 Å². The van der Waals surface area contributed by atoms with Crippen LogP contribution in [0.5, 0.6) is 0 Å². The maximum Gasteiger partial charge on any atom is 0.212 e. The number of pyridine rings is 1. The number of hydrogen-bond acceptors (Lipinski definition) is 0. The summed E-state index contributed by atoms with van der Waals surface area (Å²) in [6.07, 6.45) is 3.41. The fourth-order valence-corrected chi connectivity index (χ4v) is 2.93. The van der Waals surface area contributed by atoms with Crippen molar-refractivity contribution < 1.29 is 4.57 Å². The van der Waals surface area contributed by atoms with E-state index in [0.717, 1.165) is 6.42 Å². The van der Waals surface area contributed by atoms with Gasteiger partial charge < -0.3 is 0 Å². The molecule has 1 nitrogen and oxygen atoms in total. The van der Waals surface area contributed by atoms with Crippen molar-refractivity contribution in [1.82, 2.24) is 0 Å². The van der Waals surface area contributed by atoms with Crippen LogP contribution in [0.25, 0.3) is 11.3 Å². The van der Waals surface area contributed by atoms with Crippen LogP contribution in [-0.2, 0) is 13.5 Å². The Balaban J connectivity index is 2.50. The van der Waals surface area contributed by atoms with Crippen LogP contribution in [0.1, 0.15) is 43.0 Å². The Morgan fingerprint density at radius 1 is 0.952 bits per heavy atom. The molecule has 0 radical (unpaired) electrons. The summed E-state index contributed by atoms with van der Waals surface area (Å²) >= 11 is 0. The van der Waals surface area contributed by atoms with E-state index in [4.69, 9.17) is 0 Å². The third-order valence-corrected chi connectivity index (χ3v) is 3.97. The fourth-order valence-electron chi connectivity index (χ4n) is 2.93. The zero-order chi connectivity index (χ0) is 15.8. The highest BCUT2D eigenvalue weighted by Crippen LogP contribution is 2.26. The monoisotopic (exact) mass is 282 g/mol. The summed E-state index contributed by atoms with van der Waals surface area (Å²) < 4.78 is 2.27. The lowest BCUT2D eigenvalue weighted by molar-refractivity contribution is -0.660. The van der Waals surface area contributed by atoms with Gasteiger partial charge in [0, 0.05) is 17.2 Å². The topological polar surface area (TPSA) is 3.88 Å². The molecule has 0 saturated carbocycles. The maximum atomic E-state index is 2.33. The van der Waals surface area contributed by atoms with Gasteiger partial charge in [0.2, 0.25) is 5.69 Å². The van der Waals surface area contributed by atoms with E-state index >= 15 is 0 Å². The van der Waals surface area contributed by atoms with Crippen LogP contribution >= 0.6 is 0 Å². The molecule has 0 fully saturated rings. The Morgan fingerprint density at radius 3 is 2.19 bits per heavy atom. The molecular formula is C20H28N+. The summed E-state index contributed by atoms with van der Waals surface area (Å²) in [5.41, 5.74) is 8.43. The second-order valence-electron chi connectivity index (χ2n) is 7.53. The highest BCUT2D eigenvalue weighted by Gasteiger charge is 2.19. The van der Waals surface area contributed by atoms with Crippen molar-refractivity contribution in [1.29, 1.82) is 0 Å². The molecule has 21 heavy (non-hydrogen) atoms. The molecule has 1 heteroatoms. The van der Waals surface area contributed by atoms with Crippen LogP contribution < -0.4 is 4.57 Å². The molecule has 0 atom stereocenters. The van der Waals surface area contributed by atoms with Gasteiger partial charge >= 0.3 is 0 Å². The summed E-state index contributed by atoms with van der Waals surface area (Å²) in [6.45, 7) is 13.5. The zero-order valence-corrected chi connectivity index (χ0v) is 14.5. The summed E-state index contributed by atoms with van der Waals surface area (Å²) in [4.78, 5) is 0. The van der Waals surface area contributed by atoms with E-state index < -0.39 is 0 Å². The van der Waals surface area contributed by atoms with Gasteiger partial charge in [-0.3, -0.25) is 0 Å². The second-order valence-corrected chi connectivity index (χ2v) is 7.53. The zero-order valence-electron chi connectivity index (χ0n) is 14.5. The SMILES string of the molecule is Cc1ccc(-c2cc(C)c(CC(C)(C)C)c[n+]2C)c(C)c1. The predicted molar refractivity (Wildman–Crippen MR) is 90.4 cm³/mol. The number of hydrogen-bond donors (Lipinski definition) is 0. The molecule has 1 aromatic heterocycles. The first-order chi connectivity index (χ1) is 9.67. The highest BCUT2D eigenvalue weighted by molar-refractivity contribution is 5.62. The van der Waals surface area contributed by atoms with E-state index in [2.05, 4.69) is 83.6 Å². The molecule has 2 aromatic rings. The van der Waals surface area contributed by atoms with Crippen LogP contribution in [0.15, 0.2) is 30.5 Å². The van der Waals surface area contributed by atoms with Crippen molar-refractivity contribution in [3.8, 4) is 11.3 Å². The normalized spacial score (nSPS) is 11.8. The van der Waals surface area contributed by atoms with Gasteiger partial charge in [0.25, 0.3) is 0 Å². The Kier molecular flexibility index (Phi) is 4.22. The van der Waals surface area contributed by atoms with Gasteiger partial charge in [-0.15, -0.1) is 0 Å². The Hall–Kier alpha value is -1.63. The van der Waals surface area contributed by atoms with Gasteiger partial charge in [0.1, 0.15) is 7.05 Å². The van der Waals surface area contributed by atoms with Crippen molar-refractivity contribution in [2.24, 2.45) is 12.5 Å². The third kappa shape index (κ3) is 3.72. The lowest BCUT2D eigenvalue weighted by atomic mass is 9.87. The minimum atomic E-state index is 0.319. The fraction of sp³-hybridized carbons (Fsp3) is 0.450. The van der Waals surface area contributed by atoms with Crippen LogP contribution in [0.4, 0.5) is 0 Å². The average molecular weight is 282 g/mol. The third-order valence-electron chi connectivity index (χ3n) is 3.97. The molecule has 0 bridgehead atoms. The number of aryl methyl sites for hydroxylation is 4. The first kappa shape index (κ1) is 15.8. The van der Waals surface area contributed by atoms with Gasteiger partial charge in [-0.25, -0.2) is 4.57 Å². The standard InChI is InChI=1S/C20H28N/c1-14-8-9-18(16(3)10-14)19-11-15(2)17(13-21(19)7)12-20(4,5)6/h8-11,13H,12H2,1-7H3/q+1. The molecule has 1 heterocycles. The molecule has 1 aromatic carbocycles. The summed E-state index contributed by atoms with van der Waals surface area (Å²) in [6, 6.07) is 9.02. The van der Waals surface area contributed by atoms with Gasteiger partial charge in [-0.05, 0) is 49.8 Å². The van der Waals surface area contributed by atoms with Crippen molar-refractivity contribution in [2.75, 3.05) is 0 Å². The molecule has 0 unspecified atom stereocenters. The Labute approximate surface area is 129 Å². The maximum absolute atomic E-state index is 2.33. The van der Waals surface area contributed by atoms with Crippen molar-refractivity contribution in [3.63, 3.8) is 0 Å². The average Bonchev–Trinajstić information content (AvgIpc) is 2.32. The molecule has 0 spiro atoms. The Bertz CT molecular complexity index is 660. The smallest absolute Gasteiger partial charge is 0.201 e. The lowest BCUT2D eigenvalue weighted by Gasteiger charge is -2.19. The van der Waals surface area contributed by atoms with E-state index in [1.807, 2.05) is 0 Å². The molecule has 112 valence electrons. The van der Waals surface area contributed by atoms with Crippen LogP contribution in [-0.4, -0.2) is 0 Å². The Morgan fingerprint density at radius 2 is 1.62 bits per heavy atom.